The minimum absolute atomic E-state index is 0.0315. The minimum atomic E-state index is -0.0315. The van der Waals surface area contributed by atoms with E-state index in [0.717, 1.165) is 31.6 Å². The van der Waals surface area contributed by atoms with Gasteiger partial charge in [-0.1, -0.05) is 22.8 Å². The van der Waals surface area contributed by atoms with Crippen LogP contribution in [0.3, 0.4) is 0 Å². The summed E-state index contributed by atoms with van der Waals surface area (Å²) in [7, 11) is 0. The number of amides is 1. The number of likely N-dealkylation sites (tertiary alicyclic amines) is 1. The molecular weight excluding hydrogens is 378 g/mol. The fourth-order valence-corrected chi connectivity index (χ4v) is 3.40. The molecule has 1 fully saturated rings. The van der Waals surface area contributed by atoms with Crippen molar-refractivity contribution in [1.29, 1.82) is 0 Å². The highest BCUT2D eigenvalue weighted by Crippen LogP contribution is 2.28. The Morgan fingerprint density at radius 1 is 1.18 bits per heavy atom. The molecule has 3 heterocycles. The Bertz CT molecular complexity index is 921. The lowest BCUT2D eigenvalue weighted by Crippen LogP contribution is -2.38. The molecule has 0 radical (unpaired) electrons. The van der Waals surface area contributed by atoms with Crippen LogP contribution in [0.5, 0.6) is 0 Å². The molecule has 28 heavy (non-hydrogen) atoms. The van der Waals surface area contributed by atoms with E-state index in [2.05, 4.69) is 25.3 Å². The Labute approximate surface area is 167 Å². The first-order valence-corrected chi connectivity index (χ1v) is 9.58. The summed E-state index contributed by atoms with van der Waals surface area (Å²) in [6.45, 7) is 1.97. The van der Waals surface area contributed by atoms with Crippen molar-refractivity contribution < 1.29 is 9.32 Å². The second-order valence-corrected chi connectivity index (χ2v) is 7.21. The van der Waals surface area contributed by atoms with E-state index in [-0.39, 0.29) is 11.8 Å². The number of aromatic nitrogens is 3. The zero-order valence-corrected chi connectivity index (χ0v) is 16.0. The lowest BCUT2D eigenvalue weighted by molar-refractivity contribution is -0.117. The number of benzene rings is 1. The minimum Gasteiger partial charge on any atom is -0.339 e. The van der Waals surface area contributed by atoms with Gasteiger partial charge in [-0.3, -0.25) is 14.7 Å². The fourth-order valence-electron chi connectivity index (χ4n) is 3.27. The molecule has 1 amide bonds. The molecule has 0 saturated carbocycles. The number of halogens is 1. The van der Waals surface area contributed by atoms with Gasteiger partial charge in [-0.05, 0) is 62.3 Å². The van der Waals surface area contributed by atoms with Gasteiger partial charge in [0.15, 0.2) is 0 Å². The van der Waals surface area contributed by atoms with Gasteiger partial charge in [-0.2, -0.15) is 4.98 Å². The maximum absolute atomic E-state index is 12.2. The van der Waals surface area contributed by atoms with E-state index in [9.17, 15) is 4.79 Å². The standard InChI is InChI=1S/C20H20ClN5O2/c21-15-4-6-16(7-5-15)23-18(27)13-26-11-8-14(9-12-26)20-24-19(25-28-20)17-3-1-2-10-22-17/h1-7,10,14H,8-9,11-13H2,(H,23,27). The number of piperidine rings is 1. The topological polar surface area (TPSA) is 84.2 Å². The summed E-state index contributed by atoms with van der Waals surface area (Å²) in [5, 5.41) is 7.59. The molecule has 1 aliphatic heterocycles. The number of anilines is 1. The molecule has 0 aliphatic carbocycles. The highest BCUT2D eigenvalue weighted by molar-refractivity contribution is 6.30. The number of hydrogen-bond acceptors (Lipinski definition) is 6. The Morgan fingerprint density at radius 2 is 1.96 bits per heavy atom. The molecule has 7 nitrogen and oxygen atoms in total. The number of nitrogens with one attached hydrogen (secondary N) is 1. The lowest BCUT2D eigenvalue weighted by Gasteiger charge is -2.29. The van der Waals surface area contributed by atoms with Crippen molar-refractivity contribution in [2.75, 3.05) is 25.0 Å². The third kappa shape index (κ3) is 4.55. The van der Waals surface area contributed by atoms with Crippen molar-refractivity contribution in [2.45, 2.75) is 18.8 Å². The molecule has 144 valence electrons. The van der Waals surface area contributed by atoms with E-state index < -0.39 is 0 Å². The molecule has 0 unspecified atom stereocenters. The van der Waals surface area contributed by atoms with Crippen LogP contribution >= 0.6 is 11.6 Å². The monoisotopic (exact) mass is 397 g/mol. The number of rotatable bonds is 5. The lowest BCUT2D eigenvalue weighted by atomic mass is 9.97. The first kappa shape index (κ1) is 18.6. The summed E-state index contributed by atoms with van der Waals surface area (Å²) >= 11 is 5.86. The van der Waals surface area contributed by atoms with E-state index in [1.165, 1.54) is 0 Å². The number of nitrogens with zero attached hydrogens (tertiary/aromatic N) is 4. The molecule has 0 atom stereocenters. The van der Waals surface area contributed by atoms with Crippen LogP contribution in [0.4, 0.5) is 5.69 Å². The normalized spacial score (nSPS) is 15.5. The predicted molar refractivity (Wildman–Crippen MR) is 106 cm³/mol. The maximum atomic E-state index is 12.2. The van der Waals surface area contributed by atoms with E-state index in [1.54, 1.807) is 30.5 Å². The maximum Gasteiger partial charge on any atom is 0.238 e. The van der Waals surface area contributed by atoms with Crippen LogP contribution in [0.25, 0.3) is 11.5 Å². The first-order valence-electron chi connectivity index (χ1n) is 9.20. The van der Waals surface area contributed by atoms with Gasteiger partial charge >= 0.3 is 0 Å². The van der Waals surface area contributed by atoms with Crippen LogP contribution in [-0.2, 0) is 4.79 Å². The molecule has 4 rings (SSSR count). The van der Waals surface area contributed by atoms with Crippen LogP contribution in [-0.4, -0.2) is 45.6 Å². The van der Waals surface area contributed by atoms with Crippen LogP contribution in [0.1, 0.15) is 24.7 Å². The van der Waals surface area contributed by atoms with Crippen LogP contribution in [0, 0.1) is 0 Å². The number of hydrogen-bond donors (Lipinski definition) is 1. The van der Waals surface area contributed by atoms with Crippen molar-refractivity contribution in [2.24, 2.45) is 0 Å². The second-order valence-electron chi connectivity index (χ2n) is 6.78. The average molecular weight is 398 g/mol. The molecule has 1 aliphatic rings. The average Bonchev–Trinajstić information content (AvgIpc) is 3.21. The van der Waals surface area contributed by atoms with Gasteiger partial charge in [-0.15, -0.1) is 0 Å². The summed E-state index contributed by atoms with van der Waals surface area (Å²) in [6, 6.07) is 12.7. The van der Waals surface area contributed by atoms with Gasteiger partial charge < -0.3 is 9.84 Å². The van der Waals surface area contributed by atoms with Gasteiger partial charge in [0.2, 0.25) is 17.6 Å². The molecule has 1 N–H and O–H groups in total. The predicted octanol–water partition coefficient (Wildman–Crippen LogP) is 3.60. The third-order valence-electron chi connectivity index (χ3n) is 4.77. The van der Waals surface area contributed by atoms with E-state index in [4.69, 9.17) is 16.1 Å². The molecular formula is C20H20ClN5O2. The summed E-state index contributed by atoms with van der Waals surface area (Å²) in [5.41, 5.74) is 1.45. The highest BCUT2D eigenvalue weighted by Gasteiger charge is 2.26. The number of pyridine rings is 1. The number of carbonyl (C=O) groups excluding carboxylic acids is 1. The molecule has 0 spiro atoms. The molecule has 2 aromatic heterocycles. The SMILES string of the molecule is O=C(CN1CCC(c2nc(-c3ccccn3)no2)CC1)Nc1ccc(Cl)cc1. The largest absolute Gasteiger partial charge is 0.339 e. The molecule has 0 bridgehead atoms. The summed E-state index contributed by atoms with van der Waals surface area (Å²) in [5.74, 6) is 1.34. The van der Waals surface area contributed by atoms with E-state index in [1.807, 2.05) is 18.2 Å². The van der Waals surface area contributed by atoms with Gasteiger partial charge in [0.25, 0.3) is 0 Å². The van der Waals surface area contributed by atoms with Gasteiger partial charge in [0, 0.05) is 22.8 Å². The Kier molecular flexibility index (Phi) is 5.64. The van der Waals surface area contributed by atoms with Gasteiger partial charge in [-0.25, -0.2) is 0 Å². The van der Waals surface area contributed by atoms with E-state index in [0.29, 0.717) is 29.0 Å². The summed E-state index contributed by atoms with van der Waals surface area (Å²) in [6.07, 6.45) is 3.45. The molecule has 8 heteroatoms. The van der Waals surface area contributed by atoms with Gasteiger partial charge in [0.1, 0.15) is 5.69 Å². The highest BCUT2D eigenvalue weighted by atomic mass is 35.5. The fraction of sp³-hybridized carbons (Fsp3) is 0.300. The van der Waals surface area contributed by atoms with Gasteiger partial charge in [0.05, 0.1) is 6.54 Å². The van der Waals surface area contributed by atoms with Crippen molar-refractivity contribution >= 4 is 23.2 Å². The number of carbonyl (C=O) groups is 1. The zero-order valence-electron chi connectivity index (χ0n) is 15.2. The molecule has 3 aromatic rings. The quantitative estimate of drug-likeness (QED) is 0.708. The van der Waals surface area contributed by atoms with Crippen LogP contribution in [0.15, 0.2) is 53.2 Å². The van der Waals surface area contributed by atoms with Crippen molar-refractivity contribution in [3.05, 3.63) is 59.6 Å². The van der Waals surface area contributed by atoms with Crippen molar-refractivity contribution in [3.63, 3.8) is 0 Å². The Hall–Kier alpha value is -2.77. The zero-order chi connectivity index (χ0) is 19.3. The molecule has 1 aromatic carbocycles. The summed E-state index contributed by atoms with van der Waals surface area (Å²) in [4.78, 5) is 23.1. The van der Waals surface area contributed by atoms with E-state index >= 15 is 0 Å². The third-order valence-corrected chi connectivity index (χ3v) is 5.02. The second kappa shape index (κ2) is 8.50. The van der Waals surface area contributed by atoms with Crippen molar-refractivity contribution in [3.8, 4) is 11.5 Å². The smallest absolute Gasteiger partial charge is 0.238 e. The summed E-state index contributed by atoms with van der Waals surface area (Å²) < 4.78 is 5.45. The molecule has 1 saturated heterocycles. The van der Waals surface area contributed by atoms with Crippen LogP contribution < -0.4 is 5.32 Å². The van der Waals surface area contributed by atoms with Crippen molar-refractivity contribution in [1.82, 2.24) is 20.0 Å². The Morgan fingerprint density at radius 3 is 2.68 bits per heavy atom. The Balaban J connectivity index is 1.28. The first-order chi connectivity index (χ1) is 13.7. The van der Waals surface area contributed by atoms with Crippen LogP contribution in [0.2, 0.25) is 5.02 Å².